The van der Waals surface area contributed by atoms with E-state index in [1.54, 1.807) is 48.5 Å². The predicted molar refractivity (Wildman–Crippen MR) is 128 cm³/mol. The van der Waals surface area contributed by atoms with Gasteiger partial charge in [-0.1, -0.05) is 51.8 Å². The van der Waals surface area contributed by atoms with E-state index in [4.69, 9.17) is 16.3 Å². The minimum Gasteiger partial charge on any atom is -0.488 e. The summed E-state index contributed by atoms with van der Waals surface area (Å²) >= 11 is 10.2. The molecular weight excluding hydrogens is 517 g/mol. The van der Waals surface area contributed by atoms with Gasteiger partial charge in [0.1, 0.15) is 18.2 Å². The summed E-state index contributed by atoms with van der Waals surface area (Å²) in [6, 6.07) is 18.5. The van der Waals surface area contributed by atoms with Crippen LogP contribution in [0.4, 0.5) is 9.18 Å². The molecule has 0 aromatic heterocycles. The molecule has 0 bridgehead atoms. The fourth-order valence-corrected chi connectivity index (χ4v) is 4.39. The van der Waals surface area contributed by atoms with Crippen molar-refractivity contribution >= 4 is 56.5 Å². The molecule has 0 unspecified atom stereocenters. The summed E-state index contributed by atoms with van der Waals surface area (Å²) in [5.74, 6) is -0.131. The third-order valence-corrected chi connectivity index (χ3v) is 6.35. The summed E-state index contributed by atoms with van der Waals surface area (Å²) in [5.41, 5.74) is 2.27. The lowest BCUT2D eigenvalue weighted by molar-refractivity contribution is -0.123. The highest BCUT2D eigenvalue weighted by atomic mass is 79.9. The number of halogens is 3. The van der Waals surface area contributed by atoms with Crippen molar-refractivity contribution in [2.24, 2.45) is 0 Å². The maximum Gasteiger partial charge on any atom is 0.293 e. The second kappa shape index (κ2) is 9.90. The summed E-state index contributed by atoms with van der Waals surface area (Å²) in [6.45, 7) is 0.409. The van der Waals surface area contributed by atoms with Gasteiger partial charge in [-0.2, -0.15) is 0 Å². The van der Waals surface area contributed by atoms with Gasteiger partial charge in [0.2, 0.25) is 0 Å². The Hall–Kier alpha value is -2.61. The lowest BCUT2D eigenvalue weighted by Crippen LogP contribution is -2.27. The Morgan fingerprint density at radius 2 is 1.69 bits per heavy atom. The third kappa shape index (κ3) is 5.41. The van der Waals surface area contributed by atoms with Crippen molar-refractivity contribution in [1.29, 1.82) is 0 Å². The van der Waals surface area contributed by atoms with Gasteiger partial charge >= 0.3 is 0 Å². The average molecular weight is 533 g/mol. The third-order valence-electron chi connectivity index (χ3n) is 4.69. The largest absolute Gasteiger partial charge is 0.488 e. The number of hydrogen-bond donors (Lipinski definition) is 0. The number of benzene rings is 3. The van der Waals surface area contributed by atoms with Gasteiger partial charge in [-0.05, 0) is 71.4 Å². The van der Waals surface area contributed by atoms with Gasteiger partial charge in [-0.25, -0.2) is 4.39 Å². The standard InChI is InChI=1S/C24H16BrClFNO3S/c25-18-5-10-21(31-14-16-3-8-20(27)9-4-16)17(11-18)12-22-23(29)28(24(30)32-22)13-15-1-6-19(26)7-2-15/h1-12H,13-14H2. The Balaban J connectivity index is 1.54. The molecule has 8 heteroatoms. The van der Waals surface area contributed by atoms with E-state index < -0.39 is 0 Å². The fraction of sp³-hybridized carbons (Fsp3) is 0.0833. The molecule has 1 aliphatic rings. The number of carbonyl (C=O) groups is 2. The van der Waals surface area contributed by atoms with Crippen molar-refractivity contribution in [2.45, 2.75) is 13.2 Å². The van der Waals surface area contributed by atoms with Crippen molar-refractivity contribution in [3.8, 4) is 5.75 Å². The van der Waals surface area contributed by atoms with Crippen LogP contribution in [0.5, 0.6) is 5.75 Å². The Morgan fingerprint density at radius 3 is 2.41 bits per heavy atom. The number of hydrogen-bond acceptors (Lipinski definition) is 4. The zero-order valence-electron chi connectivity index (χ0n) is 16.6. The zero-order valence-corrected chi connectivity index (χ0v) is 19.7. The number of ether oxygens (including phenoxy) is 1. The first-order chi connectivity index (χ1) is 15.4. The molecule has 162 valence electrons. The van der Waals surface area contributed by atoms with Gasteiger partial charge in [0, 0.05) is 15.1 Å². The molecule has 0 atom stereocenters. The molecule has 1 saturated heterocycles. The minimum atomic E-state index is -0.362. The molecule has 0 aliphatic carbocycles. The van der Waals surface area contributed by atoms with Crippen LogP contribution in [0.15, 0.2) is 76.1 Å². The lowest BCUT2D eigenvalue weighted by Gasteiger charge is -2.12. The monoisotopic (exact) mass is 531 g/mol. The molecule has 1 fully saturated rings. The Kier molecular flexibility index (Phi) is 6.98. The molecule has 0 radical (unpaired) electrons. The van der Waals surface area contributed by atoms with Crippen molar-refractivity contribution in [1.82, 2.24) is 4.90 Å². The van der Waals surface area contributed by atoms with Crippen LogP contribution in [0.3, 0.4) is 0 Å². The Labute approximate surface area is 202 Å². The van der Waals surface area contributed by atoms with Crippen LogP contribution >= 0.6 is 39.3 Å². The van der Waals surface area contributed by atoms with E-state index in [0.29, 0.717) is 21.2 Å². The SMILES string of the molecule is O=C1SC(=Cc2cc(Br)ccc2OCc2ccc(F)cc2)C(=O)N1Cc1ccc(Cl)cc1. The number of nitrogens with zero attached hydrogens (tertiary/aromatic N) is 1. The number of thioether (sulfide) groups is 1. The van der Waals surface area contributed by atoms with E-state index in [0.717, 1.165) is 27.4 Å². The summed E-state index contributed by atoms with van der Waals surface area (Å²) in [5, 5.41) is 0.255. The highest BCUT2D eigenvalue weighted by Gasteiger charge is 2.35. The van der Waals surface area contributed by atoms with E-state index in [1.807, 2.05) is 12.1 Å². The van der Waals surface area contributed by atoms with Gasteiger partial charge in [-0.3, -0.25) is 14.5 Å². The highest BCUT2D eigenvalue weighted by Crippen LogP contribution is 2.36. The summed E-state index contributed by atoms with van der Waals surface area (Å²) in [4.78, 5) is 26.9. The van der Waals surface area contributed by atoms with Crippen LogP contribution in [0.2, 0.25) is 5.02 Å². The maximum absolute atomic E-state index is 13.1. The van der Waals surface area contributed by atoms with Crippen LogP contribution in [0.25, 0.3) is 6.08 Å². The number of imide groups is 1. The van der Waals surface area contributed by atoms with Crippen molar-refractivity contribution < 1.29 is 18.7 Å². The number of carbonyl (C=O) groups excluding carboxylic acids is 2. The first-order valence-electron chi connectivity index (χ1n) is 9.55. The molecule has 1 heterocycles. The summed E-state index contributed by atoms with van der Waals surface area (Å²) in [7, 11) is 0. The van der Waals surface area contributed by atoms with Gasteiger partial charge < -0.3 is 4.74 Å². The molecule has 4 nitrogen and oxygen atoms in total. The molecule has 0 N–H and O–H groups in total. The molecule has 3 aromatic carbocycles. The zero-order chi connectivity index (χ0) is 22.7. The van der Waals surface area contributed by atoms with E-state index in [2.05, 4.69) is 15.9 Å². The van der Waals surface area contributed by atoms with Crippen molar-refractivity contribution in [3.05, 3.63) is 104 Å². The van der Waals surface area contributed by atoms with E-state index >= 15 is 0 Å². The normalized spacial score (nSPS) is 15.0. The van der Waals surface area contributed by atoms with Gasteiger partial charge in [0.25, 0.3) is 11.1 Å². The molecule has 1 aliphatic heterocycles. The maximum atomic E-state index is 13.1. The quantitative estimate of drug-likeness (QED) is 0.319. The van der Waals surface area contributed by atoms with Crippen LogP contribution in [-0.2, 0) is 17.9 Å². The molecule has 0 saturated carbocycles. The highest BCUT2D eigenvalue weighted by molar-refractivity contribution is 9.10. The first-order valence-corrected chi connectivity index (χ1v) is 11.5. The Morgan fingerprint density at radius 1 is 1.00 bits per heavy atom. The van der Waals surface area contributed by atoms with E-state index in [1.165, 1.54) is 17.0 Å². The smallest absolute Gasteiger partial charge is 0.293 e. The Bertz CT molecular complexity index is 1200. The molecule has 3 aromatic rings. The second-order valence-corrected chi connectivity index (χ2v) is 9.34. The van der Waals surface area contributed by atoms with Crippen LogP contribution in [0, 0.1) is 5.82 Å². The summed E-state index contributed by atoms with van der Waals surface area (Å²) in [6.07, 6.45) is 1.65. The lowest BCUT2D eigenvalue weighted by atomic mass is 10.1. The van der Waals surface area contributed by atoms with Crippen molar-refractivity contribution in [3.63, 3.8) is 0 Å². The predicted octanol–water partition coefficient (Wildman–Crippen LogP) is 7.06. The van der Waals surface area contributed by atoms with Gasteiger partial charge in [0.15, 0.2) is 0 Å². The van der Waals surface area contributed by atoms with Crippen LogP contribution < -0.4 is 4.74 Å². The first kappa shape index (κ1) is 22.6. The fourth-order valence-electron chi connectivity index (χ4n) is 3.06. The molecule has 0 spiro atoms. The topological polar surface area (TPSA) is 46.6 Å². The number of rotatable bonds is 6. The summed E-state index contributed by atoms with van der Waals surface area (Å²) < 4.78 is 19.8. The molecular formula is C24H16BrClFNO3S. The van der Waals surface area contributed by atoms with E-state index in [-0.39, 0.29) is 30.1 Å². The van der Waals surface area contributed by atoms with Crippen molar-refractivity contribution in [2.75, 3.05) is 0 Å². The molecule has 4 rings (SSSR count). The van der Waals surface area contributed by atoms with Crippen LogP contribution in [-0.4, -0.2) is 16.0 Å². The van der Waals surface area contributed by atoms with Crippen LogP contribution in [0.1, 0.15) is 16.7 Å². The minimum absolute atomic E-state index is 0.172. The van der Waals surface area contributed by atoms with Gasteiger partial charge in [-0.15, -0.1) is 0 Å². The molecule has 2 amide bonds. The van der Waals surface area contributed by atoms with E-state index in [9.17, 15) is 14.0 Å². The van der Waals surface area contributed by atoms with Gasteiger partial charge in [0.05, 0.1) is 11.4 Å². The number of amides is 2. The molecule has 32 heavy (non-hydrogen) atoms. The average Bonchev–Trinajstić information content (AvgIpc) is 3.03. The second-order valence-electron chi connectivity index (χ2n) is 6.99.